The molecule has 0 spiro atoms. The van der Waals surface area contributed by atoms with Gasteiger partial charge in [0, 0.05) is 36.7 Å². The second-order valence-corrected chi connectivity index (χ2v) is 5.56. The van der Waals surface area contributed by atoms with Gasteiger partial charge in [-0.15, -0.1) is 6.58 Å². The van der Waals surface area contributed by atoms with Crippen LogP contribution in [0.4, 0.5) is 0 Å². The van der Waals surface area contributed by atoms with Gasteiger partial charge in [-0.05, 0) is 36.4 Å². The molecule has 1 atom stereocenters. The van der Waals surface area contributed by atoms with Gasteiger partial charge in [-0.1, -0.05) is 13.0 Å². The fraction of sp³-hybridized carbons (Fsp3) is 0.263. The lowest BCUT2D eigenvalue weighted by atomic mass is 10.1. The lowest BCUT2D eigenvalue weighted by Crippen LogP contribution is -2.37. The molecule has 1 heterocycles. The average Bonchev–Trinajstić information content (AvgIpc) is 3.14. The standard InChI is InChI=1S/C19H22N2O3/c1-4-11-21(14-15(2)19(23)24-3)18(22)16-7-9-17(10-8-16)20-12-5-6-13-20/h4-10,12-13,15H,1,11,14H2,2-3H3. The summed E-state index contributed by atoms with van der Waals surface area (Å²) in [4.78, 5) is 25.9. The number of carbonyl (C=O) groups excluding carboxylic acids is 2. The van der Waals surface area contributed by atoms with E-state index in [2.05, 4.69) is 6.58 Å². The first kappa shape index (κ1) is 17.5. The molecule has 0 aliphatic carbocycles. The lowest BCUT2D eigenvalue weighted by Gasteiger charge is -2.24. The molecule has 0 N–H and O–H groups in total. The van der Waals surface area contributed by atoms with E-state index in [-0.39, 0.29) is 18.4 Å². The van der Waals surface area contributed by atoms with Crippen LogP contribution in [-0.4, -0.2) is 41.5 Å². The SMILES string of the molecule is C=CCN(CC(C)C(=O)OC)C(=O)c1ccc(-n2cccc2)cc1. The predicted octanol–water partition coefficient (Wildman–Crippen LogP) is 2.91. The first-order valence-electron chi connectivity index (χ1n) is 7.78. The zero-order valence-electron chi connectivity index (χ0n) is 14.0. The summed E-state index contributed by atoms with van der Waals surface area (Å²) < 4.78 is 6.70. The van der Waals surface area contributed by atoms with E-state index in [0.29, 0.717) is 12.1 Å². The van der Waals surface area contributed by atoms with E-state index < -0.39 is 5.92 Å². The zero-order valence-corrected chi connectivity index (χ0v) is 14.0. The lowest BCUT2D eigenvalue weighted by molar-refractivity contribution is -0.145. The Morgan fingerprint density at radius 3 is 2.42 bits per heavy atom. The molecule has 24 heavy (non-hydrogen) atoms. The second-order valence-electron chi connectivity index (χ2n) is 5.56. The molecule has 0 aliphatic rings. The number of benzene rings is 1. The number of rotatable bonds is 7. The predicted molar refractivity (Wildman–Crippen MR) is 93.0 cm³/mol. The number of ether oxygens (including phenoxy) is 1. The Morgan fingerprint density at radius 2 is 1.88 bits per heavy atom. The molecule has 0 fully saturated rings. The molecule has 0 radical (unpaired) electrons. The molecule has 0 saturated carbocycles. The highest BCUT2D eigenvalue weighted by Gasteiger charge is 2.21. The maximum Gasteiger partial charge on any atom is 0.310 e. The van der Waals surface area contributed by atoms with E-state index in [9.17, 15) is 9.59 Å². The Balaban J connectivity index is 2.14. The van der Waals surface area contributed by atoms with Crippen LogP contribution in [0.15, 0.2) is 61.4 Å². The van der Waals surface area contributed by atoms with Crippen molar-refractivity contribution in [3.05, 3.63) is 67.0 Å². The minimum absolute atomic E-state index is 0.135. The Hall–Kier alpha value is -2.82. The summed E-state index contributed by atoms with van der Waals surface area (Å²) in [6.07, 6.45) is 5.54. The van der Waals surface area contributed by atoms with Crippen molar-refractivity contribution in [2.45, 2.75) is 6.92 Å². The Bertz CT molecular complexity index is 690. The highest BCUT2D eigenvalue weighted by Crippen LogP contribution is 2.13. The van der Waals surface area contributed by atoms with Crippen molar-refractivity contribution in [1.29, 1.82) is 0 Å². The number of amides is 1. The molecule has 0 bridgehead atoms. The van der Waals surface area contributed by atoms with Crippen molar-refractivity contribution in [1.82, 2.24) is 9.47 Å². The van der Waals surface area contributed by atoms with Gasteiger partial charge in [0.15, 0.2) is 0 Å². The molecule has 1 aromatic carbocycles. The monoisotopic (exact) mass is 326 g/mol. The van der Waals surface area contributed by atoms with Gasteiger partial charge in [0.2, 0.25) is 0 Å². The minimum atomic E-state index is -0.391. The summed E-state index contributed by atoms with van der Waals surface area (Å²) in [6, 6.07) is 11.2. The molecule has 1 unspecified atom stereocenters. The highest BCUT2D eigenvalue weighted by molar-refractivity contribution is 5.94. The quantitative estimate of drug-likeness (QED) is 0.581. The van der Waals surface area contributed by atoms with Crippen molar-refractivity contribution in [3.8, 4) is 5.69 Å². The van der Waals surface area contributed by atoms with E-state index in [1.165, 1.54) is 7.11 Å². The number of hydrogen-bond donors (Lipinski definition) is 0. The number of hydrogen-bond acceptors (Lipinski definition) is 3. The third kappa shape index (κ3) is 4.13. The van der Waals surface area contributed by atoms with Crippen LogP contribution >= 0.6 is 0 Å². The second kappa shape index (κ2) is 8.15. The zero-order chi connectivity index (χ0) is 17.5. The summed E-state index contributed by atoms with van der Waals surface area (Å²) in [5, 5.41) is 0. The maximum absolute atomic E-state index is 12.7. The van der Waals surface area contributed by atoms with Gasteiger partial charge in [0.1, 0.15) is 0 Å². The van der Waals surface area contributed by atoms with E-state index in [1.54, 1.807) is 30.0 Å². The Labute approximate surface area is 142 Å². The Kier molecular flexibility index (Phi) is 5.95. The molecule has 5 heteroatoms. The van der Waals surface area contributed by atoms with E-state index in [1.807, 2.05) is 41.2 Å². The first-order chi connectivity index (χ1) is 11.6. The summed E-state index contributed by atoms with van der Waals surface area (Å²) in [7, 11) is 1.35. The molecule has 5 nitrogen and oxygen atoms in total. The number of nitrogens with zero attached hydrogens (tertiary/aromatic N) is 2. The van der Waals surface area contributed by atoms with E-state index in [0.717, 1.165) is 5.69 Å². The maximum atomic E-state index is 12.7. The van der Waals surface area contributed by atoms with E-state index >= 15 is 0 Å². The van der Waals surface area contributed by atoms with Crippen LogP contribution in [0.1, 0.15) is 17.3 Å². The van der Waals surface area contributed by atoms with Crippen LogP contribution in [-0.2, 0) is 9.53 Å². The van der Waals surface area contributed by atoms with Gasteiger partial charge in [-0.2, -0.15) is 0 Å². The van der Waals surface area contributed by atoms with Gasteiger partial charge in [0.05, 0.1) is 13.0 Å². The van der Waals surface area contributed by atoms with Crippen molar-refractivity contribution in [3.63, 3.8) is 0 Å². The fourth-order valence-electron chi connectivity index (χ4n) is 2.47. The smallest absolute Gasteiger partial charge is 0.310 e. The van der Waals surface area contributed by atoms with Crippen LogP contribution in [0.2, 0.25) is 0 Å². The highest BCUT2D eigenvalue weighted by atomic mass is 16.5. The molecule has 126 valence electrons. The number of esters is 1. The van der Waals surface area contributed by atoms with Crippen LogP contribution in [0, 0.1) is 5.92 Å². The summed E-state index contributed by atoms with van der Waals surface area (Å²) >= 11 is 0. The summed E-state index contributed by atoms with van der Waals surface area (Å²) in [6.45, 7) is 6.09. The molecule has 0 saturated heterocycles. The molecule has 0 aliphatic heterocycles. The Morgan fingerprint density at radius 1 is 1.25 bits per heavy atom. The van der Waals surface area contributed by atoms with Gasteiger partial charge in [0.25, 0.3) is 5.91 Å². The topological polar surface area (TPSA) is 51.5 Å². The average molecular weight is 326 g/mol. The largest absolute Gasteiger partial charge is 0.469 e. The van der Waals surface area contributed by atoms with Crippen molar-refractivity contribution in [2.24, 2.45) is 5.92 Å². The molecular formula is C19H22N2O3. The molecule has 1 aromatic heterocycles. The fourth-order valence-corrected chi connectivity index (χ4v) is 2.47. The number of methoxy groups -OCH3 is 1. The van der Waals surface area contributed by atoms with Gasteiger partial charge in [-0.25, -0.2) is 0 Å². The van der Waals surface area contributed by atoms with Crippen molar-refractivity contribution < 1.29 is 14.3 Å². The summed E-state index contributed by atoms with van der Waals surface area (Å²) in [5.41, 5.74) is 1.56. The first-order valence-corrected chi connectivity index (χ1v) is 7.78. The molecule has 2 aromatic rings. The van der Waals surface area contributed by atoms with Crippen LogP contribution < -0.4 is 0 Å². The van der Waals surface area contributed by atoms with Gasteiger partial charge < -0.3 is 14.2 Å². The third-order valence-corrected chi connectivity index (χ3v) is 3.75. The van der Waals surface area contributed by atoms with E-state index in [4.69, 9.17) is 4.74 Å². The number of aromatic nitrogens is 1. The van der Waals surface area contributed by atoms with Gasteiger partial charge >= 0.3 is 5.97 Å². The third-order valence-electron chi connectivity index (χ3n) is 3.75. The van der Waals surface area contributed by atoms with Crippen molar-refractivity contribution in [2.75, 3.05) is 20.2 Å². The molecule has 2 rings (SSSR count). The molecule has 1 amide bonds. The van der Waals surface area contributed by atoms with Gasteiger partial charge in [-0.3, -0.25) is 9.59 Å². The molecular weight excluding hydrogens is 304 g/mol. The summed E-state index contributed by atoms with van der Waals surface area (Å²) in [5.74, 6) is -0.859. The van der Waals surface area contributed by atoms with Crippen LogP contribution in [0.3, 0.4) is 0 Å². The number of carbonyl (C=O) groups is 2. The minimum Gasteiger partial charge on any atom is -0.469 e. The van der Waals surface area contributed by atoms with Crippen LogP contribution in [0.5, 0.6) is 0 Å². The van der Waals surface area contributed by atoms with Crippen molar-refractivity contribution >= 4 is 11.9 Å². The normalized spacial score (nSPS) is 11.6. The van der Waals surface area contributed by atoms with Crippen LogP contribution in [0.25, 0.3) is 5.69 Å².